The van der Waals surface area contributed by atoms with Crippen molar-refractivity contribution in [1.82, 2.24) is 0 Å². The highest BCUT2D eigenvalue weighted by Gasteiger charge is 2.59. The van der Waals surface area contributed by atoms with Crippen molar-refractivity contribution in [2.45, 2.75) is 0 Å². The molecule has 0 aromatic heterocycles. The lowest BCUT2D eigenvalue weighted by atomic mass is 9.63. The molecule has 0 saturated carbocycles. The monoisotopic (exact) mass is 382 g/mol. The van der Waals surface area contributed by atoms with Gasteiger partial charge in [-0.2, -0.15) is 10.5 Å². The van der Waals surface area contributed by atoms with Crippen LogP contribution in [0.15, 0.2) is 41.5 Å². The molecule has 140 valence electrons. The number of hydrogen-bond donors (Lipinski definition) is 4. The van der Waals surface area contributed by atoms with Gasteiger partial charge in [-0.3, -0.25) is 9.59 Å². The zero-order chi connectivity index (χ0) is 21.2. The number of carboxylic acids is 4. The van der Waals surface area contributed by atoms with Gasteiger partial charge in [-0.05, 0) is 17.7 Å². The third-order valence-electron chi connectivity index (χ3n) is 4.24. The summed E-state index contributed by atoms with van der Waals surface area (Å²) in [5.41, 5.74) is -5.59. The topological polar surface area (TPSA) is 197 Å². The average Bonchev–Trinajstić information content (AvgIpc) is 2.65. The Morgan fingerprint density at radius 2 is 1.50 bits per heavy atom. The molecular formula is C18H10N2O8. The van der Waals surface area contributed by atoms with Gasteiger partial charge in [0.15, 0.2) is 0 Å². The fourth-order valence-electron chi connectivity index (χ4n) is 3.00. The van der Waals surface area contributed by atoms with Crippen LogP contribution in [-0.4, -0.2) is 44.3 Å². The Kier molecular flexibility index (Phi) is 5.01. The fourth-order valence-corrected chi connectivity index (χ4v) is 3.00. The molecule has 1 aromatic rings. The highest BCUT2D eigenvalue weighted by molar-refractivity contribution is 6.18. The first-order chi connectivity index (χ1) is 13.1. The van der Waals surface area contributed by atoms with Crippen LogP contribution in [0, 0.1) is 34.0 Å². The van der Waals surface area contributed by atoms with E-state index in [0.29, 0.717) is 6.08 Å². The molecule has 1 aromatic carbocycles. The van der Waals surface area contributed by atoms with Crippen LogP contribution in [0.2, 0.25) is 0 Å². The van der Waals surface area contributed by atoms with Crippen molar-refractivity contribution in [3.63, 3.8) is 0 Å². The van der Waals surface area contributed by atoms with Gasteiger partial charge < -0.3 is 20.4 Å². The van der Waals surface area contributed by atoms with Crippen molar-refractivity contribution >= 4 is 29.5 Å². The van der Waals surface area contributed by atoms with Crippen molar-refractivity contribution < 1.29 is 39.6 Å². The lowest BCUT2D eigenvalue weighted by Crippen LogP contribution is -2.47. The third-order valence-corrected chi connectivity index (χ3v) is 4.24. The molecule has 2 rings (SSSR count). The van der Waals surface area contributed by atoms with E-state index < -0.39 is 51.9 Å². The van der Waals surface area contributed by atoms with Crippen LogP contribution < -0.4 is 0 Å². The summed E-state index contributed by atoms with van der Waals surface area (Å²) >= 11 is 0. The first-order valence-corrected chi connectivity index (χ1v) is 7.43. The number of nitrogens with zero attached hydrogens (tertiary/aromatic N) is 2. The van der Waals surface area contributed by atoms with E-state index in [2.05, 4.69) is 0 Å². The minimum atomic E-state index is -3.07. The molecule has 2 atom stereocenters. The highest BCUT2D eigenvalue weighted by Crippen LogP contribution is 2.48. The van der Waals surface area contributed by atoms with Crippen LogP contribution in [0.4, 0.5) is 0 Å². The predicted molar refractivity (Wildman–Crippen MR) is 88.2 cm³/mol. The molecule has 0 spiro atoms. The Labute approximate surface area is 156 Å². The summed E-state index contributed by atoms with van der Waals surface area (Å²) in [6.07, 6.45) is 0.544. The van der Waals surface area contributed by atoms with Gasteiger partial charge in [0.05, 0.1) is 28.8 Å². The number of nitriles is 2. The Morgan fingerprint density at radius 3 is 1.86 bits per heavy atom. The number of carbonyl (C=O) groups is 4. The number of rotatable bonds is 5. The molecular weight excluding hydrogens is 372 g/mol. The van der Waals surface area contributed by atoms with E-state index in [1.165, 1.54) is 30.3 Å². The largest absolute Gasteiger partial charge is 0.481 e. The second kappa shape index (κ2) is 7.05. The summed E-state index contributed by atoms with van der Waals surface area (Å²) in [7, 11) is 0. The molecule has 0 amide bonds. The molecule has 10 heteroatoms. The summed E-state index contributed by atoms with van der Waals surface area (Å²) in [6.45, 7) is 0. The summed E-state index contributed by atoms with van der Waals surface area (Å²) in [5, 5.41) is 56.5. The van der Waals surface area contributed by atoms with Gasteiger partial charge in [0, 0.05) is 5.57 Å². The zero-order valence-electron chi connectivity index (χ0n) is 13.8. The van der Waals surface area contributed by atoms with Crippen LogP contribution in [0.1, 0.15) is 11.1 Å². The number of benzene rings is 1. The Hall–Kier alpha value is -4.44. The van der Waals surface area contributed by atoms with Gasteiger partial charge in [0.25, 0.3) is 0 Å². The van der Waals surface area contributed by atoms with Crippen LogP contribution >= 0.6 is 0 Å². The first-order valence-electron chi connectivity index (χ1n) is 7.43. The fraction of sp³-hybridized carbons (Fsp3) is 0.111. The molecule has 0 radical (unpaired) electrons. The lowest BCUT2D eigenvalue weighted by molar-refractivity contribution is -0.156. The van der Waals surface area contributed by atoms with Gasteiger partial charge in [-0.15, -0.1) is 0 Å². The SMILES string of the molecule is N#Cc1ccc(C2=C(C(=O)O)C(C#N)(C(=O)O)C(C(=O)O)C=C2C(=O)O)cc1. The maximum Gasteiger partial charge on any atom is 0.336 e. The number of aliphatic carboxylic acids is 4. The molecule has 0 fully saturated rings. The molecule has 2 unspecified atom stereocenters. The van der Waals surface area contributed by atoms with Crippen molar-refractivity contribution in [3.05, 3.63) is 52.6 Å². The Balaban J connectivity index is 3.04. The van der Waals surface area contributed by atoms with Crippen LogP contribution in [0.3, 0.4) is 0 Å². The van der Waals surface area contributed by atoms with E-state index in [-0.39, 0.29) is 11.1 Å². The van der Waals surface area contributed by atoms with Crippen LogP contribution in [0.5, 0.6) is 0 Å². The molecule has 1 aliphatic rings. The number of carboxylic acid groups (broad SMARTS) is 4. The molecule has 1 aliphatic carbocycles. The second-order valence-corrected chi connectivity index (χ2v) is 5.67. The van der Waals surface area contributed by atoms with Crippen molar-refractivity contribution in [3.8, 4) is 12.1 Å². The highest BCUT2D eigenvalue weighted by atomic mass is 16.4. The van der Waals surface area contributed by atoms with E-state index in [1.807, 2.05) is 0 Å². The van der Waals surface area contributed by atoms with E-state index in [4.69, 9.17) is 5.26 Å². The van der Waals surface area contributed by atoms with Gasteiger partial charge >= 0.3 is 23.9 Å². The van der Waals surface area contributed by atoms with E-state index in [9.17, 15) is 44.9 Å². The average molecular weight is 382 g/mol. The lowest BCUT2D eigenvalue weighted by Gasteiger charge is -2.33. The molecule has 28 heavy (non-hydrogen) atoms. The number of hydrogen-bond acceptors (Lipinski definition) is 6. The zero-order valence-corrected chi connectivity index (χ0v) is 13.8. The minimum Gasteiger partial charge on any atom is -0.481 e. The van der Waals surface area contributed by atoms with Gasteiger partial charge in [-0.1, -0.05) is 18.2 Å². The summed E-state index contributed by atoms with van der Waals surface area (Å²) in [5.74, 6) is -9.84. The molecule has 0 heterocycles. The molecule has 0 aliphatic heterocycles. The van der Waals surface area contributed by atoms with E-state index >= 15 is 0 Å². The normalized spacial score (nSPS) is 21.1. The molecule has 0 bridgehead atoms. The van der Waals surface area contributed by atoms with Crippen molar-refractivity contribution in [1.29, 1.82) is 10.5 Å². The van der Waals surface area contributed by atoms with Crippen molar-refractivity contribution in [2.24, 2.45) is 11.3 Å². The van der Waals surface area contributed by atoms with Crippen LogP contribution in [0.25, 0.3) is 5.57 Å². The molecule has 4 N–H and O–H groups in total. The van der Waals surface area contributed by atoms with E-state index in [0.717, 1.165) is 0 Å². The van der Waals surface area contributed by atoms with Gasteiger partial charge in [-0.25, -0.2) is 9.59 Å². The maximum atomic E-state index is 11.9. The smallest absolute Gasteiger partial charge is 0.336 e. The predicted octanol–water partition coefficient (Wildman–Crippen LogP) is 0.716. The maximum absolute atomic E-state index is 11.9. The Morgan fingerprint density at radius 1 is 0.929 bits per heavy atom. The molecule has 10 nitrogen and oxygen atoms in total. The van der Waals surface area contributed by atoms with Gasteiger partial charge in [0.2, 0.25) is 5.41 Å². The molecule has 0 saturated heterocycles. The van der Waals surface area contributed by atoms with E-state index in [1.54, 1.807) is 6.07 Å². The summed E-state index contributed by atoms with van der Waals surface area (Å²) < 4.78 is 0. The second-order valence-electron chi connectivity index (χ2n) is 5.67. The van der Waals surface area contributed by atoms with Gasteiger partial charge in [0.1, 0.15) is 5.92 Å². The summed E-state index contributed by atoms with van der Waals surface area (Å²) in [6, 6.07) is 7.89. The van der Waals surface area contributed by atoms with Crippen LogP contribution in [-0.2, 0) is 19.2 Å². The van der Waals surface area contributed by atoms with Crippen molar-refractivity contribution in [2.75, 3.05) is 0 Å². The Bertz CT molecular complexity index is 1050. The third kappa shape index (κ3) is 2.85. The first kappa shape index (κ1) is 19.9. The standard InChI is InChI=1S/C18H10N2O8/c19-6-8-1-3-9(4-2-8)12-10(14(21)22)5-11(15(23)24)18(7-20,17(27)28)13(12)16(25)26/h1-5,11H,(H,21,22)(H,23,24)(H,25,26)(H,27,28). The minimum absolute atomic E-state index is 0.102. The quantitative estimate of drug-likeness (QED) is 0.562. The summed E-state index contributed by atoms with van der Waals surface area (Å²) in [4.78, 5) is 47.1.